The number of nitrogens with one attached hydrogen (secondary N) is 1. The zero-order valence-electron chi connectivity index (χ0n) is 15.0. The van der Waals surface area contributed by atoms with E-state index in [2.05, 4.69) is 15.0 Å². The Bertz CT molecular complexity index is 565. The summed E-state index contributed by atoms with van der Waals surface area (Å²) in [6.07, 6.45) is 7.05. The molecule has 0 amide bonds. The molecule has 0 saturated heterocycles. The van der Waals surface area contributed by atoms with E-state index in [9.17, 15) is 8.78 Å². The smallest absolute Gasteiger partial charge is 0.387 e. The molecule has 1 aromatic carbocycles. The van der Waals surface area contributed by atoms with Gasteiger partial charge in [0.25, 0.3) is 0 Å². The topological polar surface area (TPSA) is 68.9 Å². The molecule has 1 saturated carbocycles. The Kier molecular flexibility index (Phi) is 10.6. The number of aliphatic imine (C=N–C) groups is 1. The predicted octanol–water partition coefficient (Wildman–Crippen LogP) is 4.43. The first-order valence-corrected chi connectivity index (χ1v) is 8.86. The molecular weight excluding hydrogens is 455 g/mol. The van der Waals surface area contributed by atoms with Gasteiger partial charge in [-0.05, 0) is 25.8 Å². The highest BCUT2D eigenvalue weighted by atomic mass is 127. The molecule has 0 radical (unpaired) electrons. The SMILES string of the molecule is CCOc1cccc(CN=C(N)NC2CCCCCC2)c1OC(F)F.I. The maximum absolute atomic E-state index is 12.7. The van der Waals surface area contributed by atoms with Gasteiger partial charge in [0, 0.05) is 11.6 Å². The van der Waals surface area contributed by atoms with Gasteiger partial charge in [0.15, 0.2) is 17.5 Å². The minimum atomic E-state index is -2.93. The summed E-state index contributed by atoms with van der Waals surface area (Å²) in [5, 5.41) is 3.24. The van der Waals surface area contributed by atoms with E-state index in [1.54, 1.807) is 25.1 Å². The summed E-state index contributed by atoms with van der Waals surface area (Å²) in [4.78, 5) is 4.29. The van der Waals surface area contributed by atoms with E-state index in [0.717, 1.165) is 12.8 Å². The van der Waals surface area contributed by atoms with E-state index in [1.807, 2.05) is 0 Å². The van der Waals surface area contributed by atoms with Gasteiger partial charge in [-0.2, -0.15) is 8.78 Å². The number of guanidine groups is 1. The summed E-state index contributed by atoms with van der Waals surface area (Å²) >= 11 is 0. The number of hydrogen-bond acceptors (Lipinski definition) is 3. The number of ether oxygens (including phenoxy) is 2. The van der Waals surface area contributed by atoms with Crippen LogP contribution in [0.4, 0.5) is 8.78 Å². The molecule has 1 aliphatic carbocycles. The van der Waals surface area contributed by atoms with Gasteiger partial charge in [-0.3, -0.25) is 0 Å². The summed E-state index contributed by atoms with van der Waals surface area (Å²) in [5.74, 6) is 0.632. The van der Waals surface area contributed by atoms with Crippen LogP contribution in [-0.4, -0.2) is 25.2 Å². The molecule has 0 aliphatic heterocycles. The molecule has 2 rings (SSSR count). The van der Waals surface area contributed by atoms with Gasteiger partial charge in [-0.1, -0.05) is 37.8 Å². The largest absolute Gasteiger partial charge is 0.490 e. The van der Waals surface area contributed by atoms with Crippen molar-refractivity contribution in [3.63, 3.8) is 0 Å². The zero-order chi connectivity index (χ0) is 18.1. The van der Waals surface area contributed by atoms with Gasteiger partial charge in [0.05, 0.1) is 13.2 Å². The summed E-state index contributed by atoms with van der Waals surface area (Å²) in [7, 11) is 0. The lowest BCUT2D eigenvalue weighted by molar-refractivity contribution is -0.0520. The lowest BCUT2D eigenvalue weighted by Gasteiger charge is -2.17. The zero-order valence-corrected chi connectivity index (χ0v) is 17.4. The molecule has 0 atom stereocenters. The van der Waals surface area contributed by atoms with Crippen molar-refractivity contribution >= 4 is 29.9 Å². The monoisotopic (exact) mass is 483 g/mol. The average Bonchev–Trinajstić information content (AvgIpc) is 2.83. The quantitative estimate of drug-likeness (QED) is 0.261. The fraction of sp³-hybridized carbons (Fsp3) is 0.611. The second-order valence-corrected chi connectivity index (χ2v) is 6.09. The third-order valence-electron chi connectivity index (χ3n) is 4.19. The van der Waals surface area contributed by atoms with Gasteiger partial charge in [0.2, 0.25) is 0 Å². The number of rotatable bonds is 7. The summed E-state index contributed by atoms with van der Waals surface area (Å²) in [5.41, 5.74) is 6.48. The molecule has 0 spiro atoms. The minimum absolute atomic E-state index is 0. The fourth-order valence-corrected chi connectivity index (χ4v) is 3.03. The Balaban J connectivity index is 0.00000338. The molecule has 0 bridgehead atoms. The van der Waals surface area contributed by atoms with Crippen LogP contribution in [0.2, 0.25) is 0 Å². The highest BCUT2D eigenvalue weighted by Crippen LogP contribution is 2.33. The summed E-state index contributed by atoms with van der Waals surface area (Å²) < 4.78 is 35.4. The van der Waals surface area contributed by atoms with E-state index < -0.39 is 6.61 Å². The molecule has 1 aromatic rings. The van der Waals surface area contributed by atoms with Crippen LogP contribution in [0, 0.1) is 0 Å². The first-order valence-electron chi connectivity index (χ1n) is 8.86. The second kappa shape index (κ2) is 12.1. The normalized spacial score (nSPS) is 15.9. The van der Waals surface area contributed by atoms with Crippen molar-refractivity contribution in [2.75, 3.05) is 6.61 Å². The number of para-hydroxylation sites is 1. The first-order chi connectivity index (χ1) is 12.1. The highest BCUT2D eigenvalue weighted by molar-refractivity contribution is 14.0. The Labute approximate surface area is 170 Å². The number of alkyl halides is 2. The maximum Gasteiger partial charge on any atom is 0.387 e. The molecule has 148 valence electrons. The Hall–Kier alpha value is -1.32. The summed E-state index contributed by atoms with van der Waals surface area (Å²) in [6.45, 7) is -0.636. The van der Waals surface area contributed by atoms with Crippen molar-refractivity contribution in [1.29, 1.82) is 0 Å². The number of hydrogen-bond donors (Lipinski definition) is 2. The minimum Gasteiger partial charge on any atom is -0.490 e. The molecular formula is C18H28F2IN3O2. The van der Waals surface area contributed by atoms with Crippen molar-refractivity contribution in [2.45, 2.75) is 64.6 Å². The molecule has 0 aromatic heterocycles. The van der Waals surface area contributed by atoms with Crippen LogP contribution in [0.15, 0.2) is 23.2 Å². The molecule has 5 nitrogen and oxygen atoms in total. The van der Waals surface area contributed by atoms with Gasteiger partial charge in [-0.15, -0.1) is 24.0 Å². The van der Waals surface area contributed by atoms with E-state index in [4.69, 9.17) is 10.5 Å². The molecule has 0 heterocycles. The summed E-state index contributed by atoms with van der Waals surface area (Å²) in [6, 6.07) is 5.34. The van der Waals surface area contributed by atoms with E-state index in [0.29, 0.717) is 24.2 Å². The lowest BCUT2D eigenvalue weighted by atomic mass is 10.1. The number of nitrogens with zero attached hydrogens (tertiary/aromatic N) is 1. The number of halogens is 3. The number of benzene rings is 1. The van der Waals surface area contributed by atoms with Crippen molar-refractivity contribution < 1.29 is 18.3 Å². The molecule has 8 heteroatoms. The molecule has 3 N–H and O–H groups in total. The van der Waals surface area contributed by atoms with E-state index in [1.165, 1.54) is 25.7 Å². The Morgan fingerprint density at radius 2 is 1.96 bits per heavy atom. The van der Waals surface area contributed by atoms with Gasteiger partial charge >= 0.3 is 6.61 Å². The lowest BCUT2D eigenvalue weighted by Crippen LogP contribution is -2.39. The van der Waals surface area contributed by atoms with Crippen molar-refractivity contribution in [3.05, 3.63) is 23.8 Å². The highest BCUT2D eigenvalue weighted by Gasteiger charge is 2.16. The first kappa shape index (κ1) is 22.7. The van der Waals surface area contributed by atoms with Crippen LogP contribution < -0.4 is 20.5 Å². The second-order valence-electron chi connectivity index (χ2n) is 6.09. The average molecular weight is 483 g/mol. The third-order valence-corrected chi connectivity index (χ3v) is 4.19. The molecule has 26 heavy (non-hydrogen) atoms. The van der Waals surface area contributed by atoms with Crippen LogP contribution in [0.5, 0.6) is 11.5 Å². The molecule has 1 fully saturated rings. The van der Waals surface area contributed by atoms with Crippen LogP contribution in [0.3, 0.4) is 0 Å². The molecule has 0 unspecified atom stereocenters. The van der Waals surface area contributed by atoms with E-state index in [-0.39, 0.29) is 42.0 Å². The fourth-order valence-electron chi connectivity index (χ4n) is 3.03. The maximum atomic E-state index is 12.7. The van der Waals surface area contributed by atoms with Gasteiger partial charge in [0.1, 0.15) is 0 Å². The number of nitrogens with two attached hydrogens (primary N) is 1. The third kappa shape index (κ3) is 7.51. The van der Waals surface area contributed by atoms with Crippen LogP contribution >= 0.6 is 24.0 Å². The van der Waals surface area contributed by atoms with Crippen LogP contribution in [-0.2, 0) is 6.54 Å². The van der Waals surface area contributed by atoms with Gasteiger partial charge < -0.3 is 20.5 Å². The Morgan fingerprint density at radius 1 is 1.27 bits per heavy atom. The Morgan fingerprint density at radius 3 is 2.58 bits per heavy atom. The van der Waals surface area contributed by atoms with Crippen molar-refractivity contribution in [1.82, 2.24) is 5.32 Å². The van der Waals surface area contributed by atoms with Crippen LogP contribution in [0.25, 0.3) is 0 Å². The van der Waals surface area contributed by atoms with Crippen LogP contribution in [0.1, 0.15) is 51.0 Å². The predicted molar refractivity (Wildman–Crippen MR) is 110 cm³/mol. The standard InChI is InChI=1S/C18H27F2N3O2.HI/c1-2-24-15-11-7-8-13(16(15)25-17(19)20)12-22-18(21)23-14-9-5-3-4-6-10-14;/h7-8,11,14,17H,2-6,9-10,12H2,1H3,(H3,21,22,23);1H. The molecule has 1 aliphatic rings. The van der Waals surface area contributed by atoms with E-state index >= 15 is 0 Å². The van der Waals surface area contributed by atoms with Crippen molar-refractivity contribution in [2.24, 2.45) is 10.7 Å². The van der Waals surface area contributed by atoms with Gasteiger partial charge in [-0.25, -0.2) is 4.99 Å². The van der Waals surface area contributed by atoms with Crippen molar-refractivity contribution in [3.8, 4) is 11.5 Å².